The summed E-state index contributed by atoms with van der Waals surface area (Å²) in [5.74, 6) is -5.08. The van der Waals surface area contributed by atoms with Crippen molar-refractivity contribution in [2.24, 2.45) is 0 Å². The standard InChI is InChI=1S/C12H14F2O2/c1-4-16-11(15)12(13,14)10-6-8(2)5-9(3)7-10/h5-7H,4H2,1-3H3. The van der Waals surface area contributed by atoms with Crippen molar-refractivity contribution in [3.05, 3.63) is 34.9 Å². The topological polar surface area (TPSA) is 26.3 Å². The Hall–Kier alpha value is -1.45. The highest BCUT2D eigenvalue weighted by molar-refractivity contribution is 5.79. The van der Waals surface area contributed by atoms with Gasteiger partial charge in [0.1, 0.15) is 0 Å². The van der Waals surface area contributed by atoms with E-state index in [1.807, 2.05) is 0 Å². The highest BCUT2D eigenvalue weighted by atomic mass is 19.3. The summed E-state index contributed by atoms with van der Waals surface area (Å²) in [6, 6.07) is 4.36. The molecule has 0 spiro atoms. The van der Waals surface area contributed by atoms with E-state index in [0.717, 1.165) is 0 Å². The Labute approximate surface area is 93.2 Å². The quantitative estimate of drug-likeness (QED) is 0.743. The van der Waals surface area contributed by atoms with E-state index in [-0.39, 0.29) is 12.2 Å². The smallest absolute Gasteiger partial charge is 0.381 e. The van der Waals surface area contributed by atoms with Crippen LogP contribution in [0.1, 0.15) is 23.6 Å². The van der Waals surface area contributed by atoms with Gasteiger partial charge in [-0.15, -0.1) is 0 Å². The van der Waals surface area contributed by atoms with Crippen LogP contribution in [0.15, 0.2) is 18.2 Å². The van der Waals surface area contributed by atoms with E-state index in [1.54, 1.807) is 19.9 Å². The number of aryl methyl sites for hydroxylation is 2. The Morgan fingerprint density at radius 1 is 1.25 bits per heavy atom. The molecule has 16 heavy (non-hydrogen) atoms. The molecule has 0 aliphatic carbocycles. The van der Waals surface area contributed by atoms with Crippen molar-refractivity contribution < 1.29 is 18.3 Å². The van der Waals surface area contributed by atoms with Gasteiger partial charge in [-0.25, -0.2) is 4.79 Å². The minimum absolute atomic E-state index is 0.0563. The van der Waals surface area contributed by atoms with E-state index >= 15 is 0 Å². The van der Waals surface area contributed by atoms with E-state index in [9.17, 15) is 13.6 Å². The molecule has 0 amide bonds. The number of hydrogen-bond acceptors (Lipinski definition) is 2. The largest absolute Gasteiger partial charge is 0.461 e. The van der Waals surface area contributed by atoms with E-state index in [4.69, 9.17) is 0 Å². The molecule has 88 valence electrons. The lowest BCUT2D eigenvalue weighted by Gasteiger charge is -2.16. The van der Waals surface area contributed by atoms with Gasteiger partial charge in [-0.3, -0.25) is 0 Å². The van der Waals surface area contributed by atoms with Crippen LogP contribution in [-0.4, -0.2) is 12.6 Å². The molecule has 0 aliphatic heterocycles. The molecule has 0 aromatic heterocycles. The molecule has 2 nitrogen and oxygen atoms in total. The molecule has 0 aliphatic rings. The van der Waals surface area contributed by atoms with Crippen LogP contribution in [0.4, 0.5) is 8.78 Å². The van der Waals surface area contributed by atoms with Crippen molar-refractivity contribution in [1.29, 1.82) is 0 Å². The van der Waals surface area contributed by atoms with Crippen LogP contribution in [0.2, 0.25) is 0 Å². The third kappa shape index (κ3) is 2.56. The van der Waals surface area contributed by atoms with Gasteiger partial charge in [0.15, 0.2) is 0 Å². The first-order valence-electron chi connectivity index (χ1n) is 5.01. The predicted molar refractivity (Wildman–Crippen MR) is 56.4 cm³/mol. The fraction of sp³-hybridized carbons (Fsp3) is 0.417. The average Bonchev–Trinajstić information content (AvgIpc) is 2.16. The second-order valence-corrected chi connectivity index (χ2v) is 3.67. The Morgan fingerprint density at radius 2 is 1.75 bits per heavy atom. The number of rotatable bonds is 3. The van der Waals surface area contributed by atoms with Gasteiger partial charge in [0.25, 0.3) is 0 Å². The van der Waals surface area contributed by atoms with Gasteiger partial charge in [0.05, 0.1) is 6.61 Å². The maximum Gasteiger partial charge on any atom is 0.381 e. The molecule has 0 atom stereocenters. The minimum Gasteiger partial charge on any atom is -0.461 e. The molecule has 0 saturated heterocycles. The van der Waals surface area contributed by atoms with Crippen LogP contribution >= 0.6 is 0 Å². The summed E-state index contributed by atoms with van der Waals surface area (Å²) in [4.78, 5) is 11.1. The van der Waals surface area contributed by atoms with Crippen LogP contribution in [0, 0.1) is 13.8 Å². The molecule has 0 N–H and O–H groups in total. The van der Waals surface area contributed by atoms with Gasteiger partial charge in [0, 0.05) is 5.56 Å². The molecule has 0 saturated carbocycles. The van der Waals surface area contributed by atoms with Crippen molar-refractivity contribution in [1.82, 2.24) is 0 Å². The van der Waals surface area contributed by atoms with Crippen LogP contribution in [0.3, 0.4) is 0 Å². The van der Waals surface area contributed by atoms with Crippen molar-refractivity contribution >= 4 is 5.97 Å². The second-order valence-electron chi connectivity index (χ2n) is 3.67. The van der Waals surface area contributed by atoms with Crippen molar-refractivity contribution in [3.8, 4) is 0 Å². The Kier molecular flexibility index (Phi) is 3.62. The van der Waals surface area contributed by atoms with E-state index in [1.165, 1.54) is 19.1 Å². The Bertz CT molecular complexity index is 380. The molecular formula is C12H14F2O2. The van der Waals surface area contributed by atoms with E-state index < -0.39 is 11.9 Å². The van der Waals surface area contributed by atoms with Gasteiger partial charge >= 0.3 is 11.9 Å². The van der Waals surface area contributed by atoms with E-state index in [2.05, 4.69) is 4.74 Å². The number of carbonyl (C=O) groups is 1. The molecule has 0 fully saturated rings. The second kappa shape index (κ2) is 4.60. The summed E-state index contributed by atoms with van der Waals surface area (Å²) in [5, 5.41) is 0. The zero-order chi connectivity index (χ0) is 12.3. The number of ether oxygens (including phenoxy) is 1. The lowest BCUT2D eigenvalue weighted by Crippen LogP contribution is -2.28. The number of hydrogen-bond donors (Lipinski definition) is 0. The molecule has 0 heterocycles. The maximum absolute atomic E-state index is 13.6. The van der Waals surface area contributed by atoms with Crippen LogP contribution in [-0.2, 0) is 15.5 Å². The minimum atomic E-state index is -3.58. The van der Waals surface area contributed by atoms with Crippen LogP contribution in [0.5, 0.6) is 0 Å². The zero-order valence-electron chi connectivity index (χ0n) is 9.51. The molecule has 1 aromatic carbocycles. The Balaban J connectivity index is 3.10. The first-order valence-corrected chi connectivity index (χ1v) is 5.01. The first kappa shape index (κ1) is 12.6. The number of esters is 1. The van der Waals surface area contributed by atoms with Gasteiger partial charge < -0.3 is 4.74 Å². The third-order valence-electron chi connectivity index (χ3n) is 2.12. The molecule has 0 radical (unpaired) electrons. The van der Waals surface area contributed by atoms with Crippen molar-refractivity contribution in [2.75, 3.05) is 6.61 Å². The van der Waals surface area contributed by atoms with Gasteiger partial charge in [-0.1, -0.05) is 17.2 Å². The van der Waals surface area contributed by atoms with Crippen LogP contribution < -0.4 is 0 Å². The fourth-order valence-electron chi connectivity index (χ4n) is 1.50. The number of alkyl halides is 2. The highest BCUT2D eigenvalue weighted by Gasteiger charge is 2.42. The van der Waals surface area contributed by atoms with Crippen molar-refractivity contribution in [2.45, 2.75) is 26.7 Å². The SMILES string of the molecule is CCOC(=O)C(F)(F)c1cc(C)cc(C)c1. The highest BCUT2D eigenvalue weighted by Crippen LogP contribution is 2.30. The fourth-order valence-corrected chi connectivity index (χ4v) is 1.50. The molecule has 4 heteroatoms. The summed E-state index contributed by atoms with van der Waals surface area (Å²) in [6.07, 6.45) is 0. The van der Waals surface area contributed by atoms with E-state index in [0.29, 0.717) is 11.1 Å². The average molecular weight is 228 g/mol. The molecule has 0 bridgehead atoms. The van der Waals surface area contributed by atoms with Gasteiger partial charge in [-0.2, -0.15) is 8.78 Å². The number of benzene rings is 1. The predicted octanol–water partition coefficient (Wildman–Crippen LogP) is 2.96. The maximum atomic E-state index is 13.6. The molecular weight excluding hydrogens is 214 g/mol. The summed E-state index contributed by atoms with van der Waals surface area (Å²) in [7, 11) is 0. The summed E-state index contributed by atoms with van der Waals surface area (Å²) in [5.41, 5.74) is 1.07. The molecule has 0 unspecified atom stereocenters. The zero-order valence-corrected chi connectivity index (χ0v) is 9.51. The third-order valence-corrected chi connectivity index (χ3v) is 2.12. The molecule has 1 aromatic rings. The Morgan fingerprint density at radius 3 is 2.19 bits per heavy atom. The first-order chi connectivity index (χ1) is 7.37. The molecule has 1 rings (SSSR count). The normalized spacial score (nSPS) is 11.3. The van der Waals surface area contributed by atoms with Gasteiger partial charge in [-0.05, 0) is 32.9 Å². The summed E-state index contributed by atoms with van der Waals surface area (Å²) in [6.45, 7) is 4.85. The number of carbonyl (C=O) groups excluding carboxylic acids is 1. The van der Waals surface area contributed by atoms with Gasteiger partial charge in [0.2, 0.25) is 0 Å². The summed E-state index contributed by atoms with van der Waals surface area (Å²) < 4.78 is 31.6. The van der Waals surface area contributed by atoms with Crippen molar-refractivity contribution in [3.63, 3.8) is 0 Å². The number of halogens is 2. The lowest BCUT2D eigenvalue weighted by molar-refractivity contribution is -0.173. The lowest BCUT2D eigenvalue weighted by atomic mass is 10.0. The summed E-state index contributed by atoms with van der Waals surface area (Å²) >= 11 is 0. The monoisotopic (exact) mass is 228 g/mol. The van der Waals surface area contributed by atoms with Crippen LogP contribution in [0.25, 0.3) is 0 Å².